The number of halogens is 1. The Hall–Kier alpha value is -1.67. The van der Waals surface area contributed by atoms with Gasteiger partial charge in [0.2, 0.25) is 0 Å². The zero-order chi connectivity index (χ0) is 18.1. The van der Waals surface area contributed by atoms with Crippen molar-refractivity contribution in [1.82, 2.24) is 5.23 Å². The van der Waals surface area contributed by atoms with Crippen molar-refractivity contribution in [1.29, 1.82) is 0 Å². The summed E-state index contributed by atoms with van der Waals surface area (Å²) in [5.74, 6) is 0. The smallest absolute Gasteiger partial charge is 0.0989 e. The molecule has 1 unspecified atom stereocenters. The van der Waals surface area contributed by atoms with Gasteiger partial charge in [0.05, 0.1) is 11.7 Å². The summed E-state index contributed by atoms with van der Waals surface area (Å²) in [5.41, 5.74) is 1.96. The predicted octanol–water partition coefficient (Wildman–Crippen LogP) is 4.71. The van der Waals surface area contributed by atoms with Gasteiger partial charge in [0, 0.05) is 5.02 Å². The molecule has 6 nitrogen and oxygen atoms in total. The first-order valence-electron chi connectivity index (χ1n) is 7.59. The van der Waals surface area contributed by atoms with Gasteiger partial charge >= 0.3 is 0 Å². The molecule has 24 heavy (non-hydrogen) atoms. The molecule has 0 aliphatic rings. The molecule has 0 saturated carbocycles. The van der Waals surface area contributed by atoms with E-state index in [0.717, 1.165) is 11.1 Å². The lowest BCUT2D eigenvalue weighted by Crippen LogP contribution is -2.20. The Morgan fingerprint density at radius 3 is 1.96 bits per heavy atom. The molecular formula is C17H23ClN2O4. The number of hydrogen-bond donors (Lipinski definition) is 4. The monoisotopic (exact) mass is 354 g/mol. The van der Waals surface area contributed by atoms with Gasteiger partial charge in [-0.25, -0.2) is 0 Å². The van der Waals surface area contributed by atoms with Crippen molar-refractivity contribution in [2.24, 2.45) is 0 Å². The summed E-state index contributed by atoms with van der Waals surface area (Å²) < 4.78 is 0. The van der Waals surface area contributed by atoms with Crippen molar-refractivity contribution < 1.29 is 20.8 Å². The molecule has 0 aliphatic heterocycles. The zero-order valence-corrected chi connectivity index (χ0v) is 14.4. The maximum Gasteiger partial charge on any atom is 0.0989 e. The third kappa shape index (κ3) is 5.76. The van der Waals surface area contributed by atoms with Gasteiger partial charge in [-0.15, -0.1) is 5.23 Å². The molecule has 0 spiro atoms. The van der Waals surface area contributed by atoms with E-state index >= 15 is 0 Å². The highest BCUT2D eigenvalue weighted by atomic mass is 35.5. The van der Waals surface area contributed by atoms with E-state index in [1.165, 1.54) is 0 Å². The van der Waals surface area contributed by atoms with Gasteiger partial charge in [-0.05, 0) is 36.1 Å². The lowest BCUT2D eigenvalue weighted by molar-refractivity contribution is -0.334. The summed E-state index contributed by atoms with van der Waals surface area (Å²) in [6, 6.07) is 14.0. The highest BCUT2D eigenvalue weighted by Crippen LogP contribution is 2.26. The fourth-order valence-electron chi connectivity index (χ4n) is 2.29. The molecule has 2 rings (SSSR count). The lowest BCUT2D eigenvalue weighted by atomic mass is 10.1. The van der Waals surface area contributed by atoms with Crippen LogP contribution in [0.1, 0.15) is 37.4 Å². The SMILES string of the molecule is CCC(c1ccccc1)N(O)O.CCc1c(Cl)cccc1N(O)O. The number of nitrogens with zero attached hydrogens (tertiary/aromatic N) is 2. The third-order valence-electron chi connectivity index (χ3n) is 3.51. The van der Waals surface area contributed by atoms with E-state index in [1.54, 1.807) is 18.2 Å². The number of hydrogen-bond acceptors (Lipinski definition) is 6. The van der Waals surface area contributed by atoms with E-state index in [2.05, 4.69) is 0 Å². The zero-order valence-electron chi connectivity index (χ0n) is 13.7. The lowest BCUT2D eigenvalue weighted by Gasteiger charge is -2.18. The van der Waals surface area contributed by atoms with Crippen LogP contribution >= 0.6 is 11.6 Å². The van der Waals surface area contributed by atoms with Gasteiger partial charge in [0.25, 0.3) is 0 Å². The van der Waals surface area contributed by atoms with Crippen molar-refractivity contribution in [3.63, 3.8) is 0 Å². The first-order valence-corrected chi connectivity index (χ1v) is 7.97. The van der Waals surface area contributed by atoms with Crippen molar-refractivity contribution in [3.05, 3.63) is 64.7 Å². The van der Waals surface area contributed by atoms with Crippen LogP contribution in [0.25, 0.3) is 0 Å². The van der Waals surface area contributed by atoms with E-state index in [4.69, 9.17) is 32.4 Å². The van der Waals surface area contributed by atoms with Crippen LogP contribution in [-0.4, -0.2) is 26.1 Å². The van der Waals surface area contributed by atoms with Crippen LogP contribution in [0.2, 0.25) is 5.02 Å². The first-order chi connectivity index (χ1) is 11.4. The fraction of sp³-hybridized carbons (Fsp3) is 0.294. The van der Waals surface area contributed by atoms with Gasteiger partial charge < -0.3 is 0 Å². The molecule has 0 heterocycles. The second-order valence-corrected chi connectivity index (χ2v) is 5.44. The Bertz CT molecular complexity index is 609. The summed E-state index contributed by atoms with van der Waals surface area (Å²) in [5, 5.41) is 36.2. The minimum Gasteiger partial charge on any atom is -0.289 e. The second kappa shape index (κ2) is 10.2. The van der Waals surface area contributed by atoms with Crippen molar-refractivity contribution >= 4 is 17.3 Å². The summed E-state index contributed by atoms with van der Waals surface area (Å²) in [6.07, 6.45) is 1.32. The molecule has 7 heteroatoms. The second-order valence-electron chi connectivity index (χ2n) is 5.04. The number of anilines is 1. The van der Waals surface area contributed by atoms with Crippen LogP contribution in [0.3, 0.4) is 0 Å². The largest absolute Gasteiger partial charge is 0.289 e. The Labute approximate surface area is 146 Å². The molecule has 0 fully saturated rings. The molecule has 1 atom stereocenters. The van der Waals surface area contributed by atoms with E-state index < -0.39 is 0 Å². The molecule has 0 aromatic heterocycles. The van der Waals surface area contributed by atoms with Crippen LogP contribution in [0.4, 0.5) is 5.69 Å². The summed E-state index contributed by atoms with van der Waals surface area (Å²) in [6.45, 7) is 3.80. The van der Waals surface area contributed by atoms with Crippen LogP contribution in [0.5, 0.6) is 0 Å². The average molecular weight is 355 g/mol. The van der Waals surface area contributed by atoms with Gasteiger partial charge in [0.15, 0.2) is 0 Å². The molecule has 0 amide bonds. The number of rotatable bonds is 5. The topological polar surface area (TPSA) is 87.4 Å². The van der Waals surface area contributed by atoms with Gasteiger partial charge in [-0.2, -0.15) is 0 Å². The molecule has 0 radical (unpaired) electrons. The highest BCUT2D eigenvalue weighted by molar-refractivity contribution is 6.31. The van der Waals surface area contributed by atoms with E-state index in [-0.39, 0.29) is 16.5 Å². The van der Waals surface area contributed by atoms with Gasteiger partial charge in [-0.3, -0.25) is 20.8 Å². The summed E-state index contributed by atoms with van der Waals surface area (Å²) in [7, 11) is 0. The van der Waals surface area contributed by atoms with Crippen LogP contribution in [0, 0.1) is 0 Å². The summed E-state index contributed by atoms with van der Waals surface area (Å²) >= 11 is 5.82. The Balaban J connectivity index is 0.000000240. The highest BCUT2D eigenvalue weighted by Gasteiger charge is 2.13. The molecule has 2 aromatic rings. The van der Waals surface area contributed by atoms with Gasteiger partial charge in [-0.1, -0.05) is 67.1 Å². The first kappa shape index (κ1) is 20.4. The molecule has 0 bridgehead atoms. The van der Waals surface area contributed by atoms with Crippen LogP contribution in [0.15, 0.2) is 48.5 Å². The quantitative estimate of drug-likeness (QED) is 0.582. The Morgan fingerprint density at radius 2 is 1.54 bits per heavy atom. The van der Waals surface area contributed by atoms with Crippen molar-refractivity contribution in [2.75, 3.05) is 5.23 Å². The minimum atomic E-state index is -0.328. The summed E-state index contributed by atoms with van der Waals surface area (Å²) in [4.78, 5) is 0. The molecule has 2 aromatic carbocycles. The third-order valence-corrected chi connectivity index (χ3v) is 3.87. The Kier molecular flexibility index (Phi) is 8.70. The number of benzene rings is 2. The van der Waals surface area contributed by atoms with Crippen LogP contribution < -0.4 is 5.23 Å². The van der Waals surface area contributed by atoms with E-state index in [0.29, 0.717) is 23.6 Å². The molecular weight excluding hydrogens is 332 g/mol. The Morgan fingerprint density at radius 1 is 0.917 bits per heavy atom. The molecule has 132 valence electrons. The average Bonchev–Trinajstić information content (AvgIpc) is 2.56. The minimum absolute atomic E-state index is 0.0880. The van der Waals surface area contributed by atoms with E-state index in [9.17, 15) is 0 Å². The van der Waals surface area contributed by atoms with E-state index in [1.807, 2.05) is 44.2 Å². The standard InChI is InChI=1S/C9H13NO2.C8H10ClNO2/c1-2-9(10(11)12)8-6-4-3-5-7-8;1-2-6-7(9)4-3-5-8(6)10(11)12/h3-7,9,11-12H,2H2,1H3;3-5,11-12H,2H2,1H3. The molecule has 4 N–H and O–H groups in total. The molecule has 0 aliphatic carbocycles. The fourth-order valence-corrected chi connectivity index (χ4v) is 2.60. The maximum atomic E-state index is 8.85. The predicted molar refractivity (Wildman–Crippen MR) is 91.8 cm³/mol. The number of hydroxylamine groups is 2. The van der Waals surface area contributed by atoms with Crippen molar-refractivity contribution in [2.45, 2.75) is 32.7 Å². The van der Waals surface area contributed by atoms with Crippen LogP contribution in [-0.2, 0) is 6.42 Å². The van der Waals surface area contributed by atoms with Gasteiger partial charge in [0.1, 0.15) is 0 Å². The molecule has 0 saturated heterocycles. The van der Waals surface area contributed by atoms with Crippen molar-refractivity contribution in [3.8, 4) is 0 Å². The normalized spacial score (nSPS) is 11.7. The maximum absolute atomic E-state index is 8.85.